The van der Waals surface area contributed by atoms with Crippen LogP contribution in [-0.2, 0) is 11.2 Å². The quantitative estimate of drug-likeness (QED) is 0.237. The number of ether oxygens (including phenoxy) is 2. The highest BCUT2D eigenvalue weighted by Gasteiger charge is 2.24. The van der Waals surface area contributed by atoms with Gasteiger partial charge in [-0.1, -0.05) is 19.6 Å². The van der Waals surface area contributed by atoms with Crippen molar-refractivity contribution >= 4 is 39.8 Å². The van der Waals surface area contributed by atoms with E-state index in [1.165, 1.54) is 32.6 Å². The number of nitrogens with one attached hydrogen (secondary N) is 2. The molecule has 0 aliphatic carbocycles. The van der Waals surface area contributed by atoms with Gasteiger partial charge in [0.1, 0.15) is 5.69 Å². The van der Waals surface area contributed by atoms with Gasteiger partial charge in [-0.3, -0.25) is 14.6 Å². The van der Waals surface area contributed by atoms with Gasteiger partial charge in [-0.25, -0.2) is 8.78 Å². The summed E-state index contributed by atoms with van der Waals surface area (Å²) in [5, 5.41) is 5.68. The van der Waals surface area contributed by atoms with Crippen LogP contribution < -0.4 is 25.0 Å². The number of nitrogens with zero attached hydrogens (tertiary/aromatic N) is 3. The third-order valence-electron chi connectivity index (χ3n) is 7.59. The van der Waals surface area contributed by atoms with Gasteiger partial charge in [-0.15, -0.1) is 0 Å². The molecule has 0 atom stereocenters. The second-order valence-corrected chi connectivity index (χ2v) is 10.2. The van der Waals surface area contributed by atoms with E-state index in [4.69, 9.17) is 13.9 Å². The number of halogens is 2. The zero-order valence-corrected chi connectivity index (χ0v) is 24.7. The third-order valence-corrected chi connectivity index (χ3v) is 7.59. The molecule has 5 rings (SSSR count). The molecule has 3 heterocycles. The molecule has 2 aromatic carbocycles. The summed E-state index contributed by atoms with van der Waals surface area (Å²) in [4.78, 5) is 34.4. The molecule has 0 spiro atoms. The van der Waals surface area contributed by atoms with E-state index < -0.39 is 23.2 Å². The minimum Gasteiger partial charge on any atom is -0.493 e. The Kier molecular flexibility index (Phi) is 9.09. The smallest absolute Gasteiger partial charge is 0.291 e. The normalized spacial score (nSPS) is 13.5. The summed E-state index contributed by atoms with van der Waals surface area (Å²) >= 11 is 0. The van der Waals surface area contributed by atoms with E-state index in [-0.39, 0.29) is 23.2 Å². The summed E-state index contributed by atoms with van der Waals surface area (Å²) < 4.78 is 45.0. The van der Waals surface area contributed by atoms with Crippen LogP contribution in [0.25, 0.3) is 11.0 Å². The number of hydrogen-bond donors (Lipinski definition) is 2. The number of anilines is 3. The number of likely N-dealkylation sites (N-methyl/N-ethyl adjacent to an activating group) is 1. The minimum atomic E-state index is -1.09. The Morgan fingerprint density at radius 1 is 1.02 bits per heavy atom. The average molecular weight is 606 g/mol. The first kappa shape index (κ1) is 30.5. The van der Waals surface area contributed by atoms with Crippen LogP contribution in [0.5, 0.6) is 11.5 Å². The number of hydrogen-bond acceptors (Lipinski definition) is 8. The third kappa shape index (κ3) is 6.35. The Labute approximate surface area is 253 Å². The van der Waals surface area contributed by atoms with E-state index in [9.17, 15) is 18.4 Å². The van der Waals surface area contributed by atoms with Gasteiger partial charge in [-0.05, 0) is 42.4 Å². The molecule has 4 aromatic rings. The van der Waals surface area contributed by atoms with Crippen LogP contribution in [0.15, 0.2) is 59.7 Å². The standard InChI is InChI=1S/C32H33F2N5O5/c1-5-28(40)36-23-16-22(39-11-9-38(6-2)10-12-39)8-7-19(23)13-21-14-20-15-26(44-27(20)18-35-21)32(41)37-31-29(33)24(42-3)17-25(43-4)30(31)34/h5,7-8,14-18H,1,6,9-13H2,2-4H3,(H,36,40)(H,37,41). The summed E-state index contributed by atoms with van der Waals surface area (Å²) in [6.45, 7) is 10.5. The number of fused-ring (bicyclic) bond motifs is 1. The Morgan fingerprint density at radius 2 is 1.73 bits per heavy atom. The maximum absolute atomic E-state index is 14.8. The summed E-state index contributed by atoms with van der Waals surface area (Å²) in [6.07, 6.45) is 3.07. The molecule has 2 N–H and O–H groups in total. The van der Waals surface area contributed by atoms with Crippen molar-refractivity contribution in [3.05, 3.63) is 83.9 Å². The maximum Gasteiger partial charge on any atom is 0.291 e. The van der Waals surface area contributed by atoms with Crippen molar-refractivity contribution in [1.82, 2.24) is 9.88 Å². The minimum absolute atomic E-state index is 0.175. The molecule has 44 heavy (non-hydrogen) atoms. The fourth-order valence-electron chi connectivity index (χ4n) is 5.10. The molecule has 1 aliphatic rings. The first-order valence-corrected chi connectivity index (χ1v) is 14.1. The molecule has 0 bridgehead atoms. The Bertz CT molecular complexity index is 1690. The molecule has 12 heteroatoms. The number of carbonyl (C=O) groups excluding carboxylic acids is 2. The molecule has 0 radical (unpaired) electrons. The van der Waals surface area contributed by atoms with Crippen LogP contribution in [0.2, 0.25) is 0 Å². The molecule has 0 saturated carbocycles. The van der Waals surface area contributed by atoms with E-state index in [1.54, 1.807) is 6.07 Å². The van der Waals surface area contributed by atoms with Crippen molar-refractivity contribution in [2.24, 2.45) is 0 Å². The van der Waals surface area contributed by atoms with Crippen molar-refractivity contribution in [2.75, 3.05) is 62.5 Å². The largest absolute Gasteiger partial charge is 0.493 e. The molecular weight excluding hydrogens is 572 g/mol. The van der Waals surface area contributed by atoms with Crippen LogP contribution in [0, 0.1) is 11.6 Å². The van der Waals surface area contributed by atoms with Crippen LogP contribution in [0.4, 0.5) is 25.8 Å². The van der Waals surface area contributed by atoms with Gasteiger partial charge in [0.2, 0.25) is 5.91 Å². The predicted molar refractivity (Wildman–Crippen MR) is 164 cm³/mol. The van der Waals surface area contributed by atoms with Crippen LogP contribution in [0.1, 0.15) is 28.7 Å². The van der Waals surface area contributed by atoms with E-state index in [2.05, 4.69) is 38.9 Å². The first-order valence-electron chi connectivity index (χ1n) is 14.1. The lowest BCUT2D eigenvalue weighted by Gasteiger charge is -2.35. The van der Waals surface area contributed by atoms with Crippen molar-refractivity contribution in [2.45, 2.75) is 13.3 Å². The molecule has 1 aliphatic heterocycles. The fraction of sp³-hybridized carbons (Fsp3) is 0.281. The fourth-order valence-corrected chi connectivity index (χ4v) is 5.10. The first-order chi connectivity index (χ1) is 21.2. The number of carbonyl (C=O) groups is 2. The highest BCUT2D eigenvalue weighted by molar-refractivity contribution is 6.05. The predicted octanol–water partition coefficient (Wildman–Crippen LogP) is 5.23. The number of rotatable bonds is 10. The van der Waals surface area contributed by atoms with Gasteiger partial charge in [0.15, 0.2) is 34.5 Å². The second kappa shape index (κ2) is 13.1. The van der Waals surface area contributed by atoms with Crippen LogP contribution in [-0.4, -0.2) is 68.6 Å². The molecule has 10 nitrogen and oxygen atoms in total. The molecule has 2 amide bonds. The van der Waals surface area contributed by atoms with E-state index >= 15 is 0 Å². The average Bonchev–Trinajstić information content (AvgIpc) is 3.47. The summed E-state index contributed by atoms with van der Waals surface area (Å²) in [5.41, 5.74) is 2.73. The molecule has 230 valence electrons. The summed E-state index contributed by atoms with van der Waals surface area (Å²) in [5.74, 6) is -4.15. The monoisotopic (exact) mass is 605 g/mol. The molecule has 2 aromatic heterocycles. The number of furan rings is 1. The van der Waals surface area contributed by atoms with E-state index in [0.29, 0.717) is 28.8 Å². The SMILES string of the molecule is C=CC(=O)Nc1cc(N2CCN(CC)CC2)ccc1Cc1cc2cc(C(=O)Nc3c(F)c(OC)cc(OC)c3F)oc2cn1. The lowest BCUT2D eigenvalue weighted by Crippen LogP contribution is -2.46. The van der Waals surface area contributed by atoms with Crippen LogP contribution >= 0.6 is 0 Å². The summed E-state index contributed by atoms with van der Waals surface area (Å²) in [7, 11) is 2.43. The van der Waals surface area contributed by atoms with Crippen molar-refractivity contribution in [3.63, 3.8) is 0 Å². The number of amides is 2. The van der Waals surface area contributed by atoms with Gasteiger partial charge in [0.25, 0.3) is 5.91 Å². The molecule has 1 saturated heterocycles. The number of piperazine rings is 1. The van der Waals surface area contributed by atoms with Gasteiger partial charge in [0.05, 0.1) is 20.4 Å². The second-order valence-electron chi connectivity index (χ2n) is 10.2. The highest BCUT2D eigenvalue weighted by atomic mass is 19.1. The zero-order chi connectivity index (χ0) is 31.4. The van der Waals surface area contributed by atoms with Gasteiger partial charge in [-0.2, -0.15) is 0 Å². The van der Waals surface area contributed by atoms with Crippen LogP contribution in [0.3, 0.4) is 0 Å². The van der Waals surface area contributed by atoms with Gasteiger partial charge < -0.3 is 34.3 Å². The number of methoxy groups -OCH3 is 2. The van der Waals surface area contributed by atoms with E-state index in [1.807, 2.05) is 18.2 Å². The Morgan fingerprint density at radius 3 is 2.36 bits per heavy atom. The topological polar surface area (TPSA) is 109 Å². The van der Waals surface area contributed by atoms with Gasteiger partial charge in [0, 0.05) is 61.1 Å². The lowest BCUT2D eigenvalue weighted by molar-refractivity contribution is -0.111. The number of benzene rings is 2. The summed E-state index contributed by atoms with van der Waals surface area (Å²) in [6, 6.07) is 10.2. The lowest BCUT2D eigenvalue weighted by atomic mass is 10.0. The zero-order valence-electron chi connectivity index (χ0n) is 24.7. The number of aromatic nitrogens is 1. The Hall–Kier alpha value is -4.97. The molecule has 1 fully saturated rings. The molecular formula is C32H33F2N5O5. The number of pyridine rings is 1. The maximum atomic E-state index is 14.8. The van der Waals surface area contributed by atoms with E-state index in [0.717, 1.165) is 50.0 Å². The van der Waals surface area contributed by atoms with Crippen molar-refractivity contribution in [3.8, 4) is 11.5 Å². The highest BCUT2D eigenvalue weighted by Crippen LogP contribution is 2.35. The van der Waals surface area contributed by atoms with Gasteiger partial charge >= 0.3 is 0 Å². The van der Waals surface area contributed by atoms with Crippen molar-refractivity contribution in [1.29, 1.82) is 0 Å². The van der Waals surface area contributed by atoms with Crippen molar-refractivity contribution < 1.29 is 32.3 Å². The Balaban J connectivity index is 1.38. The molecule has 0 unspecified atom stereocenters.